The Balaban J connectivity index is 4.43. The van der Waals surface area contributed by atoms with Gasteiger partial charge in [0.2, 0.25) is 0 Å². The van der Waals surface area contributed by atoms with Crippen molar-refractivity contribution in [2.24, 2.45) is 0 Å². The molecule has 6 heteroatoms. The SMILES string of the molecule is CC/C=C\C/C=C\C/C=C\C/C=C\C/C=C\C/C=C\CCC(=O)OC(COC(=O)CCCCCCC/C=C\CCCCCC)COC(=O)CCCCCCCCCCCCCC/C=C\C/C=C\C/C=C\C/C=C\CC. The van der Waals surface area contributed by atoms with Crippen LogP contribution in [0.3, 0.4) is 0 Å². The van der Waals surface area contributed by atoms with Crippen LogP contribution in [0.15, 0.2) is 134 Å². The van der Waals surface area contributed by atoms with Gasteiger partial charge in [-0.2, -0.15) is 0 Å². The van der Waals surface area contributed by atoms with Gasteiger partial charge >= 0.3 is 17.9 Å². The van der Waals surface area contributed by atoms with E-state index in [1.165, 1.54) is 103 Å². The number of hydrogen-bond acceptors (Lipinski definition) is 6. The second-order valence-corrected chi connectivity index (χ2v) is 19.8. The van der Waals surface area contributed by atoms with Crippen LogP contribution in [0, 0.1) is 0 Å². The maximum Gasteiger partial charge on any atom is 0.306 e. The van der Waals surface area contributed by atoms with E-state index in [9.17, 15) is 14.4 Å². The molecule has 0 amide bonds. The van der Waals surface area contributed by atoms with E-state index in [2.05, 4.69) is 148 Å². The van der Waals surface area contributed by atoms with Crippen LogP contribution in [0.25, 0.3) is 0 Å². The molecule has 0 saturated heterocycles. The quantitative estimate of drug-likeness (QED) is 0.0261. The minimum Gasteiger partial charge on any atom is -0.462 e. The molecule has 0 aliphatic heterocycles. The first kappa shape index (κ1) is 70.5. The van der Waals surface area contributed by atoms with Crippen LogP contribution < -0.4 is 0 Å². The molecule has 0 aliphatic rings. The number of rotatable bonds is 54. The summed E-state index contributed by atoms with van der Waals surface area (Å²) in [6.07, 6.45) is 87.5. The van der Waals surface area contributed by atoms with E-state index in [4.69, 9.17) is 14.2 Å². The second-order valence-electron chi connectivity index (χ2n) is 19.8. The zero-order chi connectivity index (χ0) is 54.3. The first-order valence-corrected chi connectivity index (χ1v) is 30.7. The number of esters is 3. The van der Waals surface area contributed by atoms with Gasteiger partial charge < -0.3 is 14.2 Å². The zero-order valence-corrected chi connectivity index (χ0v) is 48.5. The molecule has 0 aromatic rings. The third kappa shape index (κ3) is 60.3. The summed E-state index contributed by atoms with van der Waals surface area (Å²) in [5.74, 6) is -1.01. The Morgan fingerprint density at radius 3 is 0.880 bits per heavy atom. The molecule has 0 bridgehead atoms. The average Bonchev–Trinajstić information content (AvgIpc) is 3.41. The number of allylic oxidation sites excluding steroid dienone is 22. The van der Waals surface area contributed by atoms with Crippen molar-refractivity contribution in [3.05, 3.63) is 134 Å². The van der Waals surface area contributed by atoms with Crippen molar-refractivity contribution >= 4 is 17.9 Å². The van der Waals surface area contributed by atoms with Gasteiger partial charge in [0.1, 0.15) is 13.2 Å². The highest BCUT2D eigenvalue weighted by atomic mass is 16.6. The van der Waals surface area contributed by atoms with E-state index in [-0.39, 0.29) is 31.6 Å². The van der Waals surface area contributed by atoms with E-state index >= 15 is 0 Å². The number of carbonyl (C=O) groups excluding carboxylic acids is 3. The van der Waals surface area contributed by atoms with Crippen molar-refractivity contribution in [3.63, 3.8) is 0 Å². The van der Waals surface area contributed by atoms with Gasteiger partial charge in [-0.25, -0.2) is 0 Å². The Labute approximate surface area is 462 Å². The van der Waals surface area contributed by atoms with E-state index in [0.717, 1.165) is 116 Å². The highest BCUT2D eigenvalue weighted by Crippen LogP contribution is 2.15. The Morgan fingerprint density at radius 1 is 0.280 bits per heavy atom. The number of unbranched alkanes of at least 4 members (excludes halogenated alkanes) is 21. The maximum atomic E-state index is 12.8. The predicted molar refractivity (Wildman–Crippen MR) is 325 cm³/mol. The molecule has 0 aromatic heterocycles. The molecule has 1 atom stereocenters. The van der Waals surface area contributed by atoms with E-state index < -0.39 is 12.1 Å². The molecule has 6 nitrogen and oxygen atoms in total. The predicted octanol–water partition coefficient (Wildman–Crippen LogP) is 21.0. The molecule has 0 spiro atoms. The summed E-state index contributed by atoms with van der Waals surface area (Å²) >= 11 is 0. The van der Waals surface area contributed by atoms with Crippen molar-refractivity contribution in [1.82, 2.24) is 0 Å². The van der Waals surface area contributed by atoms with Gasteiger partial charge in [-0.05, 0) is 122 Å². The van der Waals surface area contributed by atoms with Crippen LogP contribution in [0.4, 0.5) is 0 Å². The molecule has 0 fully saturated rings. The van der Waals surface area contributed by atoms with Crippen LogP contribution in [-0.4, -0.2) is 37.2 Å². The summed E-state index contributed by atoms with van der Waals surface area (Å²) in [5.41, 5.74) is 0. The van der Waals surface area contributed by atoms with E-state index in [1.807, 2.05) is 6.08 Å². The fourth-order valence-electron chi connectivity index (χ4n) is 8.10. The summed E-state index contributed by atoms with van der Waals surface area (Å²) in [4.78, 5) is 38.2. The van der Waals surface area contributed by atoms with Crippen LogP contribution in [0.1, 0.15) is 265 Å². The van der Waals surface area contributed by atoms with Crippen molar-refractivity contribution in [2.75, 3.05) is 13.2 Å². The largest absolute Gasteiger partial charge is 0.462 e. The molecule has 0 aliphatic carbocycles. The highest BCUT2D eigenvalue weighted by Gasteiger charge is 2.19. The second kappa shape index (κ2) is 62.1. The van der Waals surface area contributed by atoms with E-state index in [1.54, 1.807) is 0 Å². The fourth-order valence-corrected chi connectivity index (χ4v) is 8.10. The molecule has 0 rings (SSSR count). The summed E-state index contributed by atoms with van der Waals surface area (Å²) in [6, 6.07) is 0. The average molecular weight is 1040 g/mol. The smallest absolute Gasteiger partial charge is 0.306 e. The third-order valence-corrected chi connectivity index (χ3v) is 12.6. The summed E-state index contributed by atoms with van der Waals surface area (Å²) in [5, 5.41) is 0. The van der Waals surface area contributed by atoms with Crippen molar-refractivity contribution < 1.29 is 28.6 Å². The lowest BCUT2D eigenvalue weighted by Crippen LogP contribution is -2.30. The highest BCUT2D eigenvalue weighted by molar-refractivity contribution is 5.71. The maximum absolute atomic E-state index is 12.8. The molecule has 424 valence electrons. The number of ether oxygens (including phenoxy) is 3. The Kier molecular flexibility index (Phi) is 58.4. The van der Waals surface area contributed by atoms with Crippen molar-refractivity contribution in [2.45, 2.75) is 271 Å². The minimum atomic E-state index is -0.827. The lowest BCUT2D eigenvalue weighted by molar-refractivity contribution is -0.166. The fraction of sp³-hybridized carbons (Fsp3) is 0.638. The molecule has 0 N–H and O–H groups in total. The molecule has 0 aromatic carbocycles. The molecule has 0 radical (unpaired) electrons. The lowest BCUT2D eigenvalue weighted by atomic mass is 10.0. The lowest BCUT2D eigenvalue weighted by Gasteiger charge is -2.18. The topological polar surface area (TPSA) is 78.9 Å². The molecular formula is C69H112O6. The normalized spacial score (nSPS) is 13.1. The summed E-state index contributed by atoms with van der Waals surface area (Å²) in [6.45, 7) is 6.33. The molecule has 0 saturated carbocycles. The van der Waals surface area contributed by atoms with Crippen LogP contribution in [0.5, 0.6) is 0 Å². The molecule has 75 heavy (non-hydrogen) atoms. The van der Waals surface area contributed by atoms with Gasteiger partial charge in [0.05, 0.1) is 0 Å². The number of carbonyl (C=O) groups is 3. The Hall–Kier alpha value is -4.45. The van der Waals surface area contributed by atoms with Crippen molar-refractivity contribution in [3.8, 4) is 0 Å². The summed E-state index contributed by atoms with van der Waals surface area (Å²) < 4.78 is 16.8. The molecule has 1 unspecified atom stereocenters. The van der Waals surface area contributed by atoms with Gasteiger partial charge in [-0.3, -0.25) is 14.4 Å². The monoisotopic (exact) mass is 1040 g/mol. The van der Waals surface area contributed by atoms with Crippen LogP contribution in [0.2, 0.25) is 0 Å². The first-order valence-electron chi connectivity index (χ1n) is 30.7. The van der Waals surface area contributed by atoms with Gasteiger partial charge in [0, 0.05) is 19.3 Å². The number of hydrogen-bond donors (Lipinski definition) is 0. The first-order chi connectivity index (χ1) is 37.0. The third-order valence-electron chi connectivity index (χ3n) is 12.6. The van der Waals surface area contributed by atoms with Gasteiger partial charge in [-0.1, -0.05) is 257 Å². The van der Waals surface area contributed by atoms with Gasteiger partial charge in [-0.15, -0.1) is 0 Å². The van der Waals surface area contributed by atoms with E-state index in [0.29, 0.717) is 19.3 Å². The van der Waals surface area contributed by atoms with Gasteiger partial charge in [0.25, 0.3) is 0 Å². The zero-order valence-electron chi connectivity index (χ0n) is 48.5. The summed E-state index contributed by atoms with van der Waals surface area (Å²) in [7, 11) is 0. The van der Waals surface area contributed by atoms with Crippen LogP contribution in [-0.2, 0) is 28.6 Å². The Bertz CT molecular complexity index is 1620. The van der Waals surface area contributed by atoms with Crippen LogP contribution >= 0.6 is 0 Å². The van der Waals surface area contributed by atoms with Crippen molar-refractivity contribution in [1.29, 1.82) is 0 Å². The standard InChI is InChI=1S/C69H112O6/c1-4-7-10-13-16-19-22-25-27-29-31-32-33-34-35-36-38-39-41-44-47-50-53-56-59-62-68(71)74-65-66(64-73-67(70)61-58-55-52-49-46-43-24-21-18-15-12-9-6-3)75-69(72)63-60-57-54-51-48-45-42-40-37-30-28-26-23-20-17-14-11-8-5-2/h7-8,10-11,16-17,19-21,24-28,31-32,37,40,45,48,54,57,66H,4-6,9,12-15,18,22-23,29-30,33-36,38-39,41-44,46-47,49-53,55-56,58-65H2,1-3H3/b10-7-,11-8-,19-16-,20-17-,24-21-,27-25-,28-26-,32-31-,40-37-,48-45-,57-54-. The Morgan fingerprint density at radius 2 is 0.547 bits per heavy atom. The van der Waals surface area contributed by atoms with Gasteiger partial charge in [0.15, 0.2) is 6.10 Å². The minimum absolute atomic E-state index is 0.115. The molecular weight excluding hydrogens is 925 g/mol. The molecule has 0 heterocycles.